The third-order valence-electron chi connectivity index (χ3n) is 1.44. The van der Waals surface area contributed by atoms with E-state index in [0.29, 0.717) is 5.82 Å². The molecule has 0 aliphatic rings. The molecule has 0 radical (unpaired) electrons. The van der Waals surface area contributed by atoms with E-state index in [1.54, 1.807) is 6.92 Å². The second-order valence-corrected chi connectivity index (χ2v) is 3.41. The lowest BCUT2D eigenvalue weighted by Crippen LogP contribution is -2.11. The number of carbonyl (C=O) groups is 1. The van der Waals surface area contributed by atoms with E-state index in [-0.39, 0.29) is 6.54 Å². The number of hydrogen-bond acceptors (Lipinski definition) is 3. The van der Waals surface area contributed by atoms with E-state index in [0.717, 1.165) is 9.26 Å². The Kier molecular flexibility index (Phi) is 2.55. The number of halogens is 1. The topological polar surface area (TPSA) is 81.1 Å². The van der Waals surface area contributed by atoms with Gasteiger partial charge in [0.25, 0.3) is 0 Å². The molecule has 0 unspecified atom stereocenters. The minimum absolute atomic E-state index is 0.140. The van der Waals surface area contributed by atoms with Crippen LogP contribution in [0.2, 0.25) is 0 Å². The van der Waals surface area contributed by atoms with Crippen molar-refractivity contribution >= 4 is 34.4 Å². The minimum atomic E-state index is -0.919. The van der Waals surface area contributed by atoms with Crippen molar-refractivity contribution in [1.82, 2.24) is 9.78 Å². The summed E-state index contributed by atoms with van der Waals surface area (Å²) in [6, 6.07) is 0. The average Bonchev–Trinajstić information content (AvgIpc) is 2.17. The molecule has 0 aliphatic carbocycles. The first kappa shape index (κ1) is 9.30. The molecule has 3 N–H and O–H groups in total. The van der Waals surface area contributed by atoms with Gasteiger partial charge >= 0.3 is 5.97 Å². The smallest absolute Gasteiger partial charge is 0.325 e. The molecule has 6 heteroatoms. The number of nitrogens with zero attached hydrogens (tertiary/aromatic N) is 2. The van der Waals surface area contributed by atoms with Gasteiger partial charge in [0.15, 0.2) is 5.82 Å². The molecule has 1 aromatic rings. The highest BCUT2D eigenvalue weighted by molar-refractivity contribution is 14.1. The Morgan fingerprint density at radius 1 is 1.83 bits per heavy atom. The summed E-state index contributed by atoms with van der Waals surface area (Å²) < 4.78 is 2.19. The number of hydrogen-bond donors (Lipinski definition) is 2. The van der Waals surface area contributed by atoms with Crippen LogP contribution in [-0.4, -0.2) is 20.9 Å². The zero-order valence-corrected chi connectivity index (χ0v) is 8.57. The van der Waals surface area contributed by atoms with Crippen molar-refractivity contribution in [3.63, 3.8) is 0 Å². The number of anilines is 1. The maximum absolute atomic E-state index is 10.3. The van der Waals surface area contributed by atoms with Gasteiger partial charge in [0.2, 0.25) is 0 Å². The maximum Gasteiger partial charge on any atom is 0.325 e. The molecular weight excluding hydrogens is 273 g/mol. The number of carboxylic acid groups (broad SMARTS) is 1. The lowest BCUT2D eigenvalue weighted by Gasteiger charge is -1.97. The molecule has 0 amide bonds. The Labute approximate surface area is 82.7 Å². The lowest BCUT2D eigenvalue weighted by atomic mass is 10.4. The zero-order chi connectivity index (χ0) is 9.30. The molecule has 0 fully saturated rings. The first-order chi connectivity index (χ1) is 5.52. The van der Waals surface area contributed by atoms with Gasteiger partial charge in [-0.3, -0.25) is 9.48 Å². The minimum Gasteiger partial charge on any atom is -0.480 e. The second kappa shape index (κ2) is 3.30. The van der Waals surface area contributed by atoms with Crippen LogP contribution in [0.4, 0.5) is 5.82 Å². The number of nitrogen functional groups attached to an aromatic ring is 1. The molecule has 5 nitrogen and oxygen atoms in total. The summed E-state index contributed by atoms with van der Waals surface area (Å²) in [5, 5.41) is 12.3. The van der Waals surface area contributed by atoms with E-state index >= 15 is 0 Å². The Hall–Kier alpha value is -0.790. The van der Waals surface area contributed by atoms with Gasteiger partial charge in [0, 0.05) is 0 Å². The first-order valence-electron chi connectivity index (χ1n) is 3.22. The summed E-state index contributed by atoms with van der Waals surface area (Å²) in [6.07, 6.45) is 0. The van der Waals surface area contributed by atoms with Gasteiger partial charge in [-0.1, -0.05) is 0 Å². The Bertz CT molecular complexity index is 321. The third kappa shape index (κ3) is 1.68. The Morgan fingerprint density at radius 2 is 2.42 bits per heavy atom. The average molecular weight is 281 g/mol. The van der Waals surface area contributed by atoms with Crippen LogP contribution in [0.15, 0.2) is 0 Å². The van der Waals surface area contributed by atoms with Gasteiger partial charge in [0.1, 0.15) is 6.54 Å². The van der Waals surface area contributed by atoms with Gasteiger partial charge in [-0.15, -0.1) is 0 Å². The highest BCUT2D eigenvalue weighted by Crippen LogP contribution is 2.17. The fourth-order valence-corrected chi connectivity index (χ4v) is 1.22. The van der Waals surface area contributed by atoms with E-state index in [2.05, 4.69) is 5.10 Å². The Morgan fingerprint density at radius 3 is 2.75 bits per heavy atom. The van der Waals surface area contributed by atoms with Crippen LogP contribution in [-0.2, 0) is 11.3 Å². The molecule has 0 saturated heterocycles. The van der Waals surface area contributed by atoms with Crippen molar-refractivity contribution in [3.05, 3.63) is 9.26 Å². The Balaban J connectivity index is 3.01. The van der Waals surface area contributed by atoms with Crippen molar-refractivity contribution in [2.75, 3.05) is 5.73 Å². The van der Waals surface area contributed by atoms with Crippen molar-refractivity contribution < 1.29 is 9.90 Å². The molecule has 0 atom stereocenters. The summed E-state index contributed by atoms with van der Waals surface area (Å²) in [5.41, 5.74) is 6.27. The molecule has 1 aromatic heterocycles. The summed E-state index contributed by atoms with van der Waals surface area (Å²) in [5.74, 6) is -0.536. The molecule has 66 valence electrons. The monoisotopic (exact) mass is 281 g/mol. The molecule has 0 spiro atoms. The summed E-state index contributed by atoms with van der Waals surface area (Å²) >= 11 is 2.04. The standard InChI is InChI=1S/C6H8IN3O2/c1-3-5(7)6(8)9-10(3)2-4(11)12/h2H2,1H3,(H2,8,9)(H,11,12). The first-order valence-corrected chi connectivity index (χ1v) is 4.30. The van der Waals surface area contributed by atoms with Crippen molar-refractivity contribution in [3.8, 4) is 0 Å². The molecule has 0 aromatic carbocycles. The van der Waals surface area contributed by atoms with Crippen molar-refractivity contribution in [2.45, 2.75) is 13.5 Å². The van der Waals surface area contributed by atoms with E-state index in [1.165, 1.54) is 4.68 Å². The number of aliphatic carboxylic acids is 1. The van der Waals surface area contributed by atoms with Gasteiger partial charge in [-0.2, -0.15) is 5.10 Å². The van der Waals surface area contributed by atoms with Crippen LogP contribution in [0.25, 0.3) is 0 Å². The summed E-state index contributed by atoms with van der Waals surface area (Å²) in [4.78, 5) is 10.3. The van der Waals surface area contributed by atoms with Gasteiger partial charge in [0.05, 0.1) is 9.26 Å². The van der Waals surface area contributed by atoms with Crippen LogP contribution < -0.4 is 5.73 Å². The maximum atomic E-state index is 10.3. The largest absolute Gasteiger partial charge is 0.480 e. The second-order valence-electron chi connectivity index (χ2n) is 2.34. The van der Waals surface area contributed by atoms with Crippen molar-refractivity contribution in [2.24, 2.45) is 0 Å². The van der Waals surface area contributed by atoms with Crippen LogP contribution in [0.1, 0.15) is 5.69 Å². The highest BCUT2D eigenvalue weighted by atomic mass is 127. The zero-order valence-electron chi connectivity index (χ0n) is 6.41. The van der Waals surface area contributed by atoms with Crippen LogP contribution in [0.3, 0.4) is 0 Å². The van der Waals surface area contributed by atoms with E-state index < -0.39 is 5.97 Å². The van der Waals surface area contributed by atoms with E-state index in [9.17, 15) is 4.79 Å². The van der Waals surface area contributed by atoms with E-state index in [4.69, 9.17) is 10.8 Å². The molecule has 1 rings (SSSR count). The fraction of sp³-hybridized carbons (Fsp3) is 0.333. The molecule has 0 saturated carbocycles. The lowest BCUT2D eigenvalue weighted by molar-refractivity contribution is -0.137. The molecule has 12 heavy (non-hydrogen) atoms. The SMILES string of the molecule is Cc1c(I)c(N)nn1CC(=O)O. The molecule has 0 bridgehead atoms. The van der Waals surface area contributed by atoms with Crippen LogP contribution in [0.5, 0.6) is 0 Å². The van der Waals surface area contributed by atoms with Gasteiger partial charge in [-0.05, 0) is 29.5 Å². The summed E-state index contributed by atoms with van der Waals surface area (Å²) in [7, 11) is 0. The van der Waals surface area contributed by atoms with Crippen LogP contribution in [0, 0.1) is 10.5 Å². The van der Waals surface area contributed by atoms with E-state index in [1.807, 2.05) is 22.6 Å². The van der Waals surface area contributed by atoms with Crippen LogP contribution >= 0.6 is 22.6 Å². The summed E-state index contributed by atoms with van der Waals surface area (Å²) in [6.45, 7) is 1.65. The third-order valence-corrected chi connectivity index (χ3v) is 2.78. The number of carboxylic acids is 1. The highest BCUT2D eigenvalue weighted by Gasteiger charge is 2.10. The number of nitrogens with two attached hydrogens (primary N) is 1. The molecule has 0 aliphatic heterocycles. The van der Waals surface area contributed by atoms with Crippen molar-refractivity contribution in [1.29, 1.82) is 0 Å². The predicted molar refractivity (Wildman–Crippen MR) is 51.7 cm³/mol. The molecular formula is C6H8IN3O2. The quantitative estimate of drug-likeness (QED) is 0.772. The fourth-order valence-electron chi connectivity index (χ4n) is 0.830. The predicted octanol–water partition coefficient (Wildman–Crippen LogP) is 0.463. The number of rotatable bonds is 2. The van der Waals surface area contributed by atoms with Gasteiger partial charge in [-0.25, -0.2) is 0 Å². The van der Waals surface area contributed by atoms with Gasteiger partial charge < -0.3 is 10.8 Å². The normalized spacial score (nSPS) is 10.2. The molecule has 1 heterocycles. The number of aromatic nitrogens is 2.